The van der Waals surface area contributed by atoms with Crippen molar-refractivity contribution in [3.8, 4) is 6.07 Å². The molecule has 0 N–H and O–H groups in total. The van der Waals surface area contributed by atoms with E-state index in [9.17, 15) is 19.6 Å². The molecule has 0 bridgehead atoms. The van der Waals surface area contributed by atoms with Crippen LogP contribution in [0.15, 0.2) is 40.0 Å². The third-order valence-electron chi connectivity index (χ3n) is 7.12. The molecule has 1 aromatic carbocycles. The van der Waals surface area contributed by atoms with Gasteiger partial charge in [-0.3, -0.25) is 23.9 Å². The number of amides is 1. The second-order valence-corrected chi connectivity index (χ2v) is 11.2. The maximum Gasteiger partial charge on any atom is 0.310 e. The van der Waals surface area contributed by atoms with E-state index in [1.165, 1.54) is 11.8 Å². The van der Waals surface area contributed by atoms with Gasteiger partial charge in [-0.05, 0) is 57.2 Å². The van der Waals surface area contributed by atoms with E-state index in [0.29, 0.717) is 71.8 Å². The number of hydrogen-bond donors (Lipinski definition) is 0. The fourth-order valence-electron chi connectivity index (χ4n) is 5.11. The van der Waals surface area contributed by atoms with Crippen LogP contribution in [-0.4, -0.2) is 51.9 Å². The molecule has 204 valence electrons. The number of nitriles is 1. The largest absolute Gasteiger partial charge is 0.466 e. The molecule has 8 nitrogen and oxygen atoms in total. The lowest BCUT2D eigenvalue weighted by atomic mass is 9.96. The Morgan fingerprint density at radius 1 is 1.26 bits per heavy atom. The van der Waals surface area contributed by atoms with Gasteiger partial charge in [-0.25, -0.2) is 0 Å². The number of benzene rings is 1. The first-order valence-corrected chi connectivity index (χ1v) is 14.4. The van der Waals surface area contributed by atoms with Crippen molar-refractivity contribution < 1.29 is 14.3 Å². The van der Waals surface area contributed by atoms with Gasteiger partial charge in [0.05, 0.1) is 17.4 Å². The smallest absolute Gasteiger partial charge is 0.310 e. The predicted molar refractivity (Wildman–Crippen MR) is 157 cm³/mol. The number of ether oxygens (including phenoxy) is 1. The van der Waals surface area contributed by atoms with Crippen molar-refractivity contribution in [1.82, 2.24) is 9.47 Å². The molecule has 2 fully saturated rings. The number of hydrogen-bond acceptors (Lipinski definition) is 8. The number of rotatable bonds is 8. The summed E-state index contributed by atoms with van der Waals surface area (Å²) in [7, 11) is 0. The second-order valence-electron chi connectivity index (χ2n) is 9.50. The Kier molecular flexibility index (Phi) is 9.25. The molecule has 3 heterocycles. The lowest BCUT2D eigenvalue weighted by Gasteiger charge is -2.36. The predicted octanol–water partition coefficient (Wildman–Crippen LogP) is 4.27. The summed E-state index contributed by atoms with van der Waals surface area (Å²) in [4.78, 5) is 43.4. The van der Waals surface area contributed by atoms with Gasteiger partial charge in [0, 0.05) is 31.7 Å². The summed E-state index contributed by atoms with van der Waals surface area (Å²) in [6.07, 6.45) is 3.89. The molecule has 2 saturated heterocycles. The molecule has 0 spiro atoms. The van der Waals surface area contributed by atoms with Crippen molar-refractivity contribution in [2.75, 3.05) is 31.1 Å². The molecular weight excluding hydrogens is 532 g/mol. The summed E-state index contributed by atoms with van der Waals surface area (Å²) in [5.41, 5.74) is 1.92. The van der Waals surface area contributed by atoms with Crippen LogP contribution < -0.4 is 10.5 Å². The Morgan fingerprint density at radius 3 is 2.67 bits per heavy atom. The molecule has 0 saturated carbocycles. The highest BCUT2D eigenvalue weighted by molar-refractivity contribution is 8.26. The Hall–Kier alpha value is -3.42. The van der Waals surface area contributed by atoms with Gasteiger partial charge in [-0.1, -0.05) is 54.3 Å². The fraction of sp³-hybridized carbons (Fsp3) is 0.414. The number of pyridine rings is 1. The number of nitrogens with zero attached hydrogens (tertiary/aromatic N) is 4. The fourth-order valence-corrected chi connectivity index (χ4v) is 6.40. The van der Waals surface area contributed by atoms with Gasteiger partial charge in [0.2, 0.25) is 0 Å². The van der Waals surface area contributed by atoms with Crippen molar-refractivity contribution in [3.05, 3.63) is 67.8 Å². The highest BCUT2D eigenvalue weighted by atomic mass is 32.2. The van der Waals surface area contributed by atoms with Crippen LogP contribution in [-0.2, 0) is 27.3 Å². The minimum Gasteiger partial charge on any atom is -0.466 e. The van der Waals surface area contributed by atoms with Gasteiger partial charge in [0.15, 0.2) is 0 Å². The van der Waals surface area contributed by atoms with Crippen molar-refractivity contribution in [1.29, 1.82) is 5.26 Å². The van der Waals surface area contributed by atoms with Gasteiger partial charge in [0.1, 0.15) is 21.8 Å². The van der Waals surface area contributed by atoms with Crippen LogP contribution in [0.3, 0.4) is 0 Å². The summed E-state index contributed by atoms with van der Waals surface area (Å²) >= 11 is 6.79. The Labute approximate surface area is 238 Å². The average molecular weight is 565 g/mol. The Balaban J connectivity index is 1.74. The molecule has 2 aromatic rings. The first kappa shape index (κ1) is 28.6. The summed E-state index contributed by atoms with van der Waals surface area (Å²) in [5.74, 6) is -0.150. The van der Waals surface area contributed by atoms with E-state index in [-0.39, 0.29) is 28.9 Å². The summed E-state index contributed by atoms with van der Waals surface area (Å²) < 4.78 is 7.33. The number of carbonyl (C=O) groups is 2. The molecule has 0 radical (unpaired) electrons. The van der Waals surface area contributed by atoms with Crippen LogP contribution in [0.1, 0.15) is 48.9 Å². The minimum atomic E-state index is -0.377. The Morgan fingerprint density at radius 2 is 2.00 bits per heavy atom. The first-order chi connectivity index (χ1) is 18.8. The minimum absolute atomic E-state index is 0.0466. The molecule has 2 aliphatic rings. The van der Waals surface area contributed by atoms with E-state index in [2.05, 4.69) is 6.07 Å². The van der Waals surface area contributed by atoms with E-state index in [0.717, 1.165) is 12.0 Å². The molecule has 1 amide bonds. The van der Waals surface area contributed by atoms with Crippen molar-refractivity contribution >= 4 is 52.1 Å². The van der Waals surface area contributed by atoms with E-state index in [1.54, 1.807) is 29.4 Å². The standard InChI is InChI=1S/C29H32N4O4S2/c1-4-32-25(31-14-9-12-21(18-31)28(36)37-5-2)22(19(3)23(17-30)26(32)34)16-24-27(35)33(29(38)39-24)15-13-20-10-7-6-8-11-20/h6-8,10-11,16,21H,4-5,9,12-15,18H2,1-3H3/b24-16-. The van der Waals surface area contributed by atoms with Crippen molar-refractivity contribution in [2.45, 2.75) is 46.6 Å². The average Bonchev–Trinajstić information content (AvgIpc) is 3.21. The highest BCUT2D eigenvalue weighted by Gasteiger charge is 2.34. The van der Waals surface area contributed by atoms with E-state index in [4.69, 9.17) is 17.0 Å². The summed E-state index contributed by atoms with van der Waals surface area (Å²) in [6.45, 7) is 7.50. The van der Waals surface area contributed by atoms with Crippen LogP contribution in [0, 0.1) is 24.2 Å². The third kappa shape index (κ3) is 5.94. The highest BCUT2D eigenvalue weighted by Crippen LogP contribution is 2.37. The first-order valence-electron chi connectivity index (χ1n) is 13.2. The molecule has 39 heavy (non-hydrogen) atoms. The zero-order chi connectivity index (χ0) is 28.1. The van der Waals surface area contributed by atoms with Crippen LogP contribution in [0.25, 0.3) is 6.08 Å². The van der Waals surface area contributed by atoms with E-state index in [1.807, 2.05) is 42.2 Å². The molecule has 0 aliphatic carbocycles. The quantitative estimate of drug-likeness (QED) is 0.267. The van der Waals surface area contributed by atoms with Gasteiger partial charge in [-0.2, -0.15) is 5.26 Å². The number of piperidine rings is 1. The molecule has 10 heteroatoms. The summed E-state index contributed by atoms with van der Waals surface area (Å²) in [5, 5.41) is 9.83. The number of thiocarbonyl (C=S) groups is 1. The van der Waals surface area contributed by atoms with Crippen LogP contribution in [0.2, 0.25) is 0 Å². The van der Waals surface area contributed by atoms with Gasteiger partial charge >= 0.3 is 5.97 Å². The lowest BCUT2D eigenvalue weighted by Crippen LogP contribution is -2.43. The molecule has 1 unspecified atom stereocenters. The van der Waals surface area contributed by atoms with Crippen LogP contribution >= 0.6 is 24.0 Å². The number of thioether (sulfide) groups is 1. The van der Waals surface area contributed by atoms with E-state index >= 15 is 0 Å². The van der Waals surface area contributed by atoms with Gasteiger partial charge < -0.3 is 9.64 Å². The number of aromatic nitrogens is 1. The number of carbonyl (C=O) groups excluding carboxylic acids is 2. The molecule has 4 rings (SSSR count). The maximum absolute atomic E-state index is 13.5. The zero-order valence-electron chi connectivity index (χ0n) is 22.4. The van der Waals surface area contributed by atoms with Gasteiger partial charge in [-0.15, -0.1) is 0 Å². The SMILES string of the molecule is CCOC(=O)C1CCCN(c2c(/C=C3\SC(=S)N(CCc4ccccc4)C3=O)c(C)c(C#N)c(=O)n2CC)C1. The Bertz CT molecular complexity index is 1410. The molecule has 1 aromatic heterocycles. The zero-order valence-corrected chi connectivity index (χ0v) is 24.1. The molecule has 2 aliphatic heterocycles. The third-order valence-corrected chi connectivity index (χ3v) is 8.50. The second kappa shape index (κ2) is 12.6. The van der Waals surface area contributed by atoms with E-state index < -0.39 is 0 Å². The lowest BCUT2D eigenvalue weighted by molar-refractivity contribution is -0.148. The van der Waals surface area contributed by atoms with Gasteiger partial charge in [0.25, 0.3) is 11.5 Å². The maximum atomic E-state index is 13.5. The topological polar surface area (TPSA) is 95.6 Å². The number of anilines is 1. The monoisotopic (exact) mass is 564 g/mol. The number of esters is 1. The van der Waals surface area contributed by atoms with Crippen molar-refractivity contribution in [3.63, 3.8) is 0 Å². The van der Waals surface area contributed by atoms with Crippen LogP contribution in [0.5, 0.6) is 0 Å². The molecular formula is C29H32N4O4S2. The van der Waals surface area contributed by atoms with Crippen molar-refractivity contribution in [2.24, 2.45) is 5.92 Å². The summed E-state index contributed by atoms with van der Waals surface area (Å²) in [6, 6.07) is 12.0. The van der Waals surface area contributed by atoms with Crippen LogP contribution in [0.4, 0.5) is 5.82 Å². The normalized spacial score (nSPS) is 18.5. The molecule has 1 atom stereocenters.